The quantitative estimate of drug-likeness (QED) is 0.287. The van der Waals surface area contributed by atoms with Crippen LogP contribution in [0.15, 0.2) is 12.7 Å². The van der Waals surface area contributed by atoms with Crippen molar-refractivity contribution in [2.45, 2.75) is 116 Å². The van der Waals surface area contributed by atoms with Crippen molar-refractivity contribution >= 4 is 5.97 Å². The Kier molecular flexibility index (Phi) is 8.22. The van der Waals surface area contributed by atoms with E-state index in [1.807, 2.05) is 0 Å². The van der Waals surface area contributed by atoms with E-state index in [-0.39, 0.29) is 35.0 Å². The molecule has 6 fully saturated rings. The fourth-order valence-corrected chi connectivity index (χ4v) is 11.7. The van der Waals surface area contributed by atoms with Crippen LogP contribution in [0.4, 0.5) is 0 Å². The first-order chi connectivity index (χ1) is 19.2. The number of morpholine rings is 1. The Labute approximate surface area is 243 Å². The number of likely N-dealkylation sites (tertiary alicyclic amines) is 1. The normalized spacial score (nSPS) is 47.3. The lowest BCUT2D eigenvalue weighted by Gasteiger charge is -2.62. The van der Waals surface area contributed by atoms with Gasteiger partial charge in [-0.15, -0.1) is 0 Å². The first-order valence-electron chi connectivity index (χ1n) is 16.9. The summed E-state index contributed by atoms with van der Waals surface area (Å²) in [6.07, 6.45) is 15.3. The van der Waals surface area contributed by atoms with E-state index >= 15 is 0 Å². The van der Waals surface area contributed by atoms with Crippen molar-refractivity contribution in [1.29, 1.82) is 0 Å². The SMILES string of the molecule is C=CC[N+]1([C@H]2CC3C4CC[C@H]5C[C@H](O)[C@@H](N6CCOCC6)C[C@]5(C)C4CC[C@]3(C)[C@H]2OC(C)=O)CCCCCC1. The molecule has 0 aromatic heterocycles. The monoisotopic (exact) mass is 557 g/mol. The molecular weight excluding hydrogens is 500 g/mol. The second-order valence-corrected chi connectivity index (χ2v) is 15.3. The minimum Gasteiger partial charge on any atom is -0.456 e. The van der Waals surface area contributed by atoms with Crippen molar-refractivity contribution in [3.05, 3.63) is 12.7 Å². The van der Waals surface area contributed by atoms with Gasteiger partial charge >= 0.3 is 5.97 Å². The number of carbonyl (C=O) groups is 1. The third-order valence-corrected chi connectivity index (χ3v) is 13.6. The Morgan fingerprint density at radius 2 is 1.77 bits per heavy atom. The Hall–Kier alpha value is -0.950. The van der Waals surface area contributed by atoms with Crippen LogP contribution in [0.5, 0.6) is 0 Å². The molecule has 0 radical (unpaired) electrons. The highest BCUT2D eigenvalue weighted by Gasteiger charge is 2.67. The van der Waals surface area contributed by atoms with Crippen molar-refractivity contribution in [1.82, 2.24) is 4.90 Å². The largest absolute Gasteiger partial charge is 0.456 e. The second kappa shape index (κ2) is 11.3. The Bertz CT molecular complexity index is 927. The highest BCUT2D eigenvalue weighted by molar-refractivity contribution is 5.66. The lowest BCUT2D eigenvalue weighted by Crippen LogP contribution is -2.62. The Balaban J connectivity index is 1.31. The molecule has 2 aliphatic heterocycles. The number of carbonyl (C=O) groups excluding carboxylic acids is 1. The van der Waals surface area contributed by atoms with E-state index in [0.717, 1.165) is 56.6 Å². The summed E-state index contributed by atoms with van der Waals surface area (Å²) in [4.78, 5) is 15.2. The molecular formula is C34H57N2O4+. The van der Waals surface area contributed by atoms with Crippen LogP contribution in [-0.2, 0) is 14.3 Å². The smallest absolute Gasteiger partial charge is 0.303 e. The van der Waals surface area contributed by atoms with E-state index in [4.69, 9.17) is 9.47 Å². The highest BCUT2D eigenvalue weighted by atomic mass is 16.5. The van der Waals surface area contributed by atoms with Crippen LogP contribution in [0.2, 0.25) is 0 Å². The van der Waals surface area contributed by atoms with Crippen LogP contribution < -0.4 is 0 Å². The molecule has 0 spiro atoms. The van der Waals surface area contributed by atoms with E-state index in [1.54, 1.807) is 6.92 Å². The predicted molar refractivity (Wildman–Crippen MR) is 158 cm³/mol. The molecule has 6 aliphatic rings. The summed E-state index contributed by atoms with van der Waals surface area (Å²) < 4.78 is 13.2. The molecule has 226 valence electrons. The van der Waals surface area contributed by atoms with Gasteiger partial charge in [-0.3, -0.25) is 9.69 Å². The topological polar surface area (TPSA) is 59.0 Å². The van der Waals surface area contributed by atoms with Gasteiger partial charge in [-0.2, -0.15) is 0 Å². The van der Waals surface area contributed by atoms with Gasteiger partial charge < -0.3 is 19.1 Å². The molecule has 4 aliphatic carbocycles. The van der Waals surface area contributed by atoms with Gasteiger partial charge in [-0.05, 0) is 99.4 Å². The van der Waals surface area contributed by atoms with Gasteiger partial charge in [0.05, 0.1) is 39.0 Å². The molecule has 2 saturated heterocycles. The van der Waals surface area contributed by atoms with Crippen LogP contribution in [0.1, 0.15) is 91.4 Å². The van der Waals surface area contributed by atoms with Gasteiger partial charge in [0.15, 0.2) is 6.10 Å². The Morgan fingerprint density at radius 1 is 1.05 bits per heavy atom. The first kappa shape index (κ1) is 29.1. The third kappa shape index (κ3) is 4.81. The molecule has 0 amide bonds. The van der Waals surface area contributed by atoms with Gasteiger partial charge in [0, 0.05) is 37.9 Å². The number of ether oxygens (including phenoxy) is 2. The molecule has 6 nitrogen and oxygen atoms in total. The van der Waals surface area contributed by atoms with E-state index in [2.05, 4.69) is 31.4 Å². The van der Waals surface area contributed by atoms with Gasteiger partial charge in [0.2, 0.25) is 0 Å². The number of esters is 1. The summed E-state index contributed by atoms with van der Waals surface area (Å²) in [5, 5.41) is 11.3. The van der Waals surface area contributed by atoms with Crippen molar-refractivity contribution in [3.63, 3.8) is 0 Å². The highest BCUT2D eigenvalue weighted by Crippen LogP contribution is 2.67. The zero-order valence-corrected chi connectivity index (χ0v) is 25.7. The molecule has 3 unspecified atom stereocenters. The van der Waals surface area contributed by atoms with Gasteiger partial charge in [0.1, 0.15) is 6.04 Å². The molecule has 1 N–H and O–H groups in total. The summed E-state index contributed by atoms with van der Waals surface area (Å²) in [5.41, 5.74) is 0.328. The van der Waals surface area contributed by atoms with Gasteiger partial charge in [0.25, 0.3) is 0 Å². The summed E-state index contributed by atoms with van der Waals surface area (Å²) in [6.45, 7) is 17.8. The van der Waals surface area contributed by atoms with Crippen LogP contribution in [0.3, 0.4) is 0 Å². The van der Waals surface area contributed by atoms with Crippen molar-refractivity contribution in [2.24, 2.45) is 34.5 Å². The van der Waals surface area contributed by atoms with E-state index in [9.17, 15) is 9.90 Å². The zero-order chi connectivity index (χ0) is 28.1. The summed E-state index contributed by atoms with van der Waals surface area (Å²) >= 11 is 0. The average Bonchev–Trinajstić information content (AvgIpc) is 3.06. The molecule has 40 heavy (non-hydrogen) atoms. The molecule has 4 saturated carbocycles. The maximum absolute atomic E-state index is 12.6. The van der Waals surface area contributed by atoms with Crippen molar-refractivity contribution < 1.29 is 23.9 Å². The fourth-order valence-electron chi connectivity index (χ4n) is 11.7. The summed E-state index contributed by atoms with van der Waals surface area (Å²) in [6, 6.07) is 0.648. The number of nitrogens with zero attached hydrogens (tertiary/aromatic N) is 2. The number of aliphatic hydroxyl groups excluding tert-OH is 1. The average molecular weight is 558 g/mol. The standard InChI is InChI=1S/C34H57N2O4/c1-5-16-36(17-8-6-7-9-18-36)30-22-28-26-11-10-25-21-31(38)29(35-14-19-39-20-15-35)23-34(25,4)27(26)12-13-33(28,3)32(30)40-24(2)37/h5,25-32,38H,1,6-23H2,2-4H3/q+1/t25-,26?,27?,28?,29-,30-,31-,32-,33-,34-/m0/s1. The number of quaternary nitrogens is 1. The number of hydrogen-bond donors (Lipinski definition) is 1. The van der Waals surface area contributed by atoms with Crippen LogP contribution in [0.25, 0.3) is 0 Å². The first-order valence-corrected chi connectivity index (χ1v) is 16.9. The minimum absolute atomic E-state index is 0.00815. The molecule has 10 atom stereocenters. The molecule has 0 aromatic carbocycles. The molecule has 6 heteroatoms. The fraction of sp³-hybridized carbons (Fsp3) is 0.912. The minimum atomic E-state index is -0.211. The number of rotatable bonds is 5. The third-order valence-electron chi connectivity index (χ3n) is 13.6. The number of fused-ring (bicyclic) bond motifs is 5. The van der Waals surface area contributed by atoms with Crippen LogP contribution in [0, 0.1) is 34.5 Å². The maximum atomic E-state index is 12.6. The zero-order valence-electron chi connectivity index (χ0n) is 25.7. The van der Waals surface area contributed by atoms with Crippen molar-refractivity contribution in [2.75, 3.05) is 45.9 Å². The predicted octanol–water partition coefficient (Wildman–Crippen LogP) is 5.19. The molecule has 0 bridgehead atoms. The summed E-state index contributed by atoms with van der Waals surface area (Å²) in [7, 11) is 0. The van der Waals surface area contributed by atoms with Crippen LogP contribution in [-0.4, -0.2) is 90.7 Å². The maximum Gasteiger partial charge on any atom is 0.303 e. The second-order valence-electron chi connectivity index (χ2n) is 15.3. The van der Waals surface area contributed by atoms with Gasteiger partial charge in [-0.1, -0.05) is 20.4 Å². The van der Waals surface area contributed by atoms with E-state index in [0.29, 0.717) is 29.7 Å². The molecule has 0 aromatic rings. The van der Waals surface area contributed by atoms with Crippen LogP contribution >= 0.6 is 0 Å². The van der Waals surface area contributed by atoms with Gasteiger partial charge in [-0.25, -0.2) is 0 Å². The Morgan fingerprint density at radius 3 is 2.45 bits per heavy atom. The molecule has 6 rings (SSSR count). The van der Waals surface area contributed by atoms with E-state index in [1.165, 1.54) is 64.5 Å². The van der Waals surface area contributed by atoms with Crippen molar-refractivity contribution in [3.8, 4) is 0 Å². The number of hydrogen-bond acceptors (Lipinski definition) is 5. The lowest BCUT2D eigenvalue weighted by atomic mass is 9.44. The number of aliphatic hydroxyl groups is 1. The summed E-state index contributed by atoms with van der Waals surface area (Å²) in [5.74, 6) is 2.52. The lowest BCUT2D eigenvalue weighted by molar-refractivity contribution is -0.948. The molecule has 2 heterocycles. The van der Waals surface area contributed by atoms with E-state index < -0.39 is 0 Å².